The van der Waals surface area contributed by atoms with Crippen molar-refractivity contribution >= 4 is 67.3 Å². The second kappa shape index (κ2) is 9.80. The fourth-order valence-corrected chi connectivity index (χ4v) is 4.65. The predicted molar refractivity (Wildman–Crippen MR) is 135 cm³/mol. The van der Waals surface area contributed by atoms with Crippen LogP contribution >= 0.6 is 27.7 Å². The van der Waals surface area contributed by atoms with Gasteiger partial charge in [0.25, 0.3) is 11.1 Å². The average Bonchev–Trinajstić information content (AvgIpc) is 3.04. The Bertz CT molecular complexity index is 1290. The molecule has 0 unspecified atom stereocenters. The monoisotopic (exact) mass is 524 g/mol. The Morgan fingerprint density at radius 2 is 1.82 bits per heavy atom. The molecule has 1 aliphatic heterocycles. The van der Waals surface area contributed by atoms with E-state index in [2.05, 4.69) is 21.2 Å². The van der Waals surface area contributed by atoms with Gasteiger partial charge in [-0.3, -0.25) is 19.3 Å². The van der Waals surface area contributed by atoms with Crippen LogP contribution in [0.1, 0.15) is 19.4 Å². The van der Waals surface area contributed by atoms with Crippen LogP contribution in [0.4, 0.5) is 10.5 Å². The first-order valence-electron chi connectivity index (χ1n) is 10.3. The Labute approximate surface area is 204 Å². The van der Waals surface area contributed by atoms with Crippen LogP contribution in [0, 0.1) is 0 Å². The van der Waals surface area contributed by atoms with Gasteiger partial charge >= 0.3 is 0 Å². The number of hydrogen-bond acceptors (Lipinski definition) is 5. The summed E-state index contributed by atoms with van der Waals surface area (Å²) >= 11 is 4.18. The molecule has 3 aromatic rings. The van der Waals surface area contributed by atoms with E-state index in [9.17, 15) is 14.4 Å². The third kappa shape index (κ3) is 5.12. The van der Waals surface area contributed by atoms with Gasteiger partial charge in [0.05, 0.1) is 16.7 Å². The molecule has 1 fully saturated rings. The lowest BCUT2D eigenvalue weighted by molar-refractivity contribution is -0.127. The van der Waals surface area contributed by atoms with E-state index in [1.807, 2.05) is 56.3 Å². The maximum atomic E-state index is 13.0. The smallest absolute Gasteiger partial charge is 0.294 e. The van der Waals surface area contributed by atoms with Gasteiger partial charge in [-0.15, -0.1) is 0 Å². The molecule has 0 spiro atoms. The molecule has 1 heterocycles. The number of benzene rings is 3. The first-order chi connectivity index (χ1) is 15.8. The van der Waals surface area contributed by atoms with Gasteiger partial charge in [0.2, 0.25) is 5.91 Å². The van der Waals surface area contributed by atoms with Gasteiger partial charge < -0.3 is 10.1 Å². The van der Waals surface area contributed by atoms with Crippen molar-refractivity contribution in [3.05, 3.63) is 75.6 Å². The van der Waals surface area contributed by atoms with Crippen LogP contribution in [0.2, 0.25) is 0 Å². The number of carbonyl (C=O) groups excluding carboxylic acids is 3. The highest BCUT2D eigenvalue weighted by atomic mass is 79.9. The molecule has 0 aromatic heterocycles. The van der Waals surface area contributed by atoms with E-state index in [0.29, 0.717) is 15.9 Å². The van der Waals surface area contributed by atoms with E-state index < -0.39 is 17.1 Å². The zero-order chi connectivity index (χ0) is 23.5. The minimum atomic E-state index is -0.504. The lowest BCUT2D eigenvalue weighted by Crippen LogP contribution is -2.36. The van der Waals surface area contributed by atoms with Crippen LogP contribution in [-0.4, -0.2) is 34.6 Å². The number of thioether (sulfide) groups is 1. The van der Waals surface area contributed by atoms with Crippen LogP contribution in [0.25, 0.3) is 16.8 Å². The van der Waals surface area contributed by atoms with Gasteiger partial charge in [-0.2, -0.15) is 0 Å². The van der Waals surface area contributed by atoms with Crippen molar-refractivity contribution in [2.45, 2.75) is 20.0 Å². The molecule has 3 aromatic carbocycles. The second-order valence-electron chi connectivity index (χ2n) is 7.66. The summed E-state index contributed by atoms with van der Waals surface area (Å²) in [7, 11) is 0. The van der Waals surface area contributed by atoms with Crippen molar-refractivity contribution in [3.8, 4) is 5.75 Å². The van der Waals surface area contributed by atoms with E-state index in [1.54, 1.807) is 24.3 Å². The van der Waals surface area contributed by atoms with Crippen molar-refractivity contribution in [3.63, 3.8) is 0 Å². The largest absolute Gasteiger partial charge is 0.490 e. The molecule has 0 atom stereocenters. The summed E-state index contributed by atoms with van der Waals surface area (Å²) in [6.07, 6.45) is 1.62. The molecule has 1 aliphatic rings. The number of anilines is 1. The number of hydrogen-bond donors (Lipinski definition) is 1. The molecule has 4 rings (SSSR count). The quantitative estimate of drug-likeness (QED) is 0.396. The Balaban J connectivity index is 1.61. The molecule has 3 amide bonds. The maximum absolute atomic E-state index is 13.0. The molecule has 0 aliphatic carbocycles. The molecule has 8 heteroatoms. The van der Waals surface area contributed by atoms with Gasteiger partial charge in [0, 0.05) is 10.0 Å². The third-order valence-corrected chi connectivity index (χ3v) is 6.49. The first kappa shape index (κ1) is 23.1. The summed E-state index contributed by atoms with van der Waals surface area (Å²) in [6, 6.07) is 18.7. The van der Waals surface area contributed by atoms with Gasteiger partial charge in [-0.25, -0.2) is 0 Å². The molecule has 33 heavy (non-hydrogen) atoms. The highest BCUT2D eigenvalue weighted by Crippen LogP contribution is 2.37. The molecule has 6 nitrogen and oxygen atoms in total. The topological polar surface area (TPSA) is 75.7 Å². The predicted octanol–water partition coefficient (Wildman–Crippen LogP) is 6.06. The van der Waals surface area contributed by atoms with Crippen LogP contribution in [0.15, 0.2) is 70.0 Å². The van der Waals surface area contributed by atoms with Crippen molar-refractivity contribution in [2.24, 2.45) is 0 Å². The van der Waals surface area contributed by atoms with Crippen molar-refractivity contribution in [2.75, 3.05) is 11.9 Å². The number of carbonyl (C=O) groups is 3. The van der Waals surface area contributed by atoms with Crippen LogP contribution < -0.4 is 10.1 Å². The number of amides is 3. The Kier molecular flexibility index (Phi) is 6.85. The third-order valence-electron chi connectivity index (χ3n) is 4.89. The molecular formula is C25H21BrN2O4S. The van der Waals surface area contributed by atoms with E-state index in [1.165, 1.54) is 0 Å². The minimum absolute atomic E-state index is 0.0608. The van der Waals surface area contributed by atoms with E-state index in [4.69, 9.17) is 4.74 Å². The molecular weight excluding hydrogens is 504 g/mol. The summed E-state index contributed by atoms with van der Waals surface area (Å²) in [5, 5.41) is 4.13. The fraction of sp³-hybridized carbons (Fsp3) is 0.160. The highest BCUT2D eigenvalue weighted by molar-refractivity contribution is 9.10. The summed E-state index contributed by atoms with van der Waals surface area (Å²) in [4.78, 5) is 39.3. The number of imide groups is 1. The number of nitrogens with zero attached hydrogens (tertiary/aromatic N) is 1. The number of fused-ring (bicyclic) bond motifs is 1. The summed E-state index contributed by atoms with van der Waals surface area (Å²) in [5.41, 5.74) is 1.29. The van der Waals surface area contributed by atoms with Crippen LogP contribution in [-0.2, 0) is 9.59 Å². The number of para-hydroxylation sites is 1. The lowest BCUT2D eigenvalue weighted by atomic mass is 10.0. The number of ether oxygens (including phenoxy) is 1. The number of nitrogens with one attached hydrogen (secondary N) is 1. The van der Waals surface area contributed by atoms with Gasteiger partial charge in [0.15, 0.2) is 0 Å². The van der Waals surface area contributed by atoms with E-state index >= 15 is 0 Å². The Hall–Kier alpha value is -3.10. The molecule has 0 radical (unpaired) electrons. The molecule has 0 bridgehead atoms. The summed E-state index contributed by atoms with van der Waals surface area (Å²) in [6.45, 7) is 3.49. The fourth-order valence-electron chi connectivity index (χ4n) is 3.44. The maximum Gasteiger partial charge on any atom is 0.294 e. The molecule has 1 N–H and O–H groups in total. The van der Waals surface area contributed by atoms with Crippen molar-refractivity contribution < 1.29 is 19.1 Å². The SMILES string of the molecule is CC(C)Oc1ccc2ccccc2c1/C=C1/SC(=O)N(CC(=O)Nc2ccccc2Br)C1=O. The Morgan fingerprint density at radius 3 is 2.58 bits per heavy atom. The molecule has 168 valence electrons. The number of rotatable bonds is 6. The lowest BCUT2D eigenvalue weighted by Gasteiger charge is -2.15. The second-order valence-corrected chi connectivity index (χ2v) is 9.51. The zero-order valence-corrected chi connectivity index (χ0v) is 20.4. The summed E-state index contributed by atoms with van der Waals surface area (Å²) < 4.78 is 6.67. The minimum Gasteiger partial charge on any atom is -0.490 e. The normalized spacial score (nSPS) is 15.0. The standard InChI is InChI=1S/C25H21BrN2O4S/c1-15(2)32-21-12-11-16-7-3-4-8-17(16)18(21)13-22-24(30)28(25(31)33-22)14-23(29)27-20-10-6-5-9-19(20)26/h3-13,15H,14H2,1-2H3,(H,27,29)/b22-13+. The van der Waals surface area contributed by atoms with Gasteiger partial charge in [0.1, 0.15) is 12.3 Å². The zero-order valence-electron chi connectivity index (χ0n) is 18.0. The van der Waals surface area contributed by atoms with E-state index in [0.717, 1.165) is 33.0 Å². The van der Waals surface area contributed by atoms with Gasteiger partial charge in [-0.1, -0.05) is 42.5 Å². The summed E-state index contributed by atoms with van der Waals surface area (Å²) in [5.74, 6) is -0.336. The molecule has 1 saturated heterocycles. The Morgan fingerprint density at radius 1 is 1.09 bits per heavy atom. The highest BCUT2D eigenvalue weighted by Gasteiger charge is 2.36. The number of halogens is 1. The van der Waals surface area contributed by atoms with E-state index in [-0.39, 0.29) is 17.6 Å². The van der Waals surface area contributed by atoms with Crippen LogP contribution in [0.5, 0.6) is 5.75 Å². The van der Waals surface area contributed by atoms with Crippen molar-refractivity contribution in [1.29, 1.82) is 0 Å². The molecule has 0 saturated carbocycles. The average molecular weight is 525 g/mol. The van der Waals surface area contributed by atoms with Crippen LogP contribution in [0.3, 0.4) is 0 Å². The van der Waals surface area contributed by atoms with Crippen molar-refractivity contribution in [1.82, 2.24) is 4.90 Å². The first-order valence-corrected chi connectivity index (χ1v) is 11.9. The van der Waals surface area contributed by atoms with Gasteiger partial charge in [-0.05, 0) is 76.6 Å².